The molecule has 2 heterocycles. The number of nitrogens with one attached hydrogen (secondary N) is 1. The second-order valence-electron chi connectivity index (χ2n) is 6.19. The molecule has 0 spiro atoms. The largest absolute Gasteiger partial charge is 0.384 e. The third kappa shape index (κ3) is 5.63. The predicted molar refractivity (Wildman–Crippen MR) is 91.4 cm³/mol. The summed E-state index contributed by atoms with van der Waals surface area (Å²) < 4.78 is 5.37. The number of carbonyl (C=O) groups is 1. The first-order valence-electron chi connectivity index (χ1n) is 7.70. The molecule has 1 aromatic heterocycles. The van der Waals surface area contributed by atoms with Gasteiger partial charge in [0.2, 0.25) is 5.91 Å². The van der Waals surface area contributed by atoms with Gasteiger partial charge in [0.05, 0.1) is 19.0 Å². The average Bonchev–Trinajstić information content (AvgIpc) is 2.51. The van der Waals surface area contributed by atoms with Gasteiger partial charge in [0.25, 0.3) is 0 Å². The van der Waals surface area contributed by atoms with Crippen molar-refractivity contribution in [3.05, 3.63) is 11.8 Å². The smallest absolute Gasteiger partial charge is 0.230 e. The van der Waals surface area contributed by atoms with Crippen molar-refractivity contribution in [2.45, 2.75) is 31.5 Å². The van der Waals surface area contributed by atoms with Crippen LogP contribution >= 0.6 is 11.8 Å². The summed E-state index contributed by atoms with van der Waals surface area (Å²) in [6.07, 6.45) is 0. The highest BCUT2D eigenvalue weighted by Gasteiger charge is 2.28. The Morgan fingerprint density at radius 3 is 2.78 bits per heavy atom. The number of hydrogen-bond acceptors (Lipinski definition) is 7. The third-order valence-electron chi connectivity index (χ3n) is 3.77. The minimum Gasteiger partial charge on any atom is -0.384 e. The van der Waals surface area contributed by atoms with Gasteiger partial charge in [0.1, 0.15) is 5.82 Å². The molecular formula is C15H25N5O2S. The first-order valence-corrected chi connectivity index (χ1v) is 8.69. The fourth-order valence-corrected chi connectivity index (χ4v) is 3.15. The molecule has 3 N–H and O–H groups in total. The number of aryl methyl sites for hydroxylation is 1. The molecule has 8 heteroatoms. The molecule has 0 unspecified atom stereocenters. The van der Waals surface area contributed by atoms with Crippen LogP contribution in [0, 0.1) is 6.92 Å². The van der Waals surface area contributed by atoms with E-state index < -0.39 is 0 Å². The summed E-state index contributed by atoms with van der Waals surface area (Å²) in [5.41, 5.74) is 6.39. The molecule has 1 aromatic rings. The zero-order chi connectivity index (χ0) is 16.9. The van der Waals surface area contributed by atoms with Crippen LogP contribution in [0.25, 0.3) is 0 Å². The van der Waals surface area contributed by atoms with Crippen molar-refractivity contribution < 1.29 is 9.53 Å². The number of nitrogens with zero attached hydrogens (tertiary/aromatic N) is 3. The highest BCUT2D eigenvalue weighted by molar-refractivity contribution is 7.99. The summed E-state index contributed by atoms with van der Waals surface area (Å²) in [6.45, 7) is 10.0. The summed E-state index contributed by atoms with van der Waals surface area (Å²) >= 11 is 1.30. The molecule has 0 aliphatic carbocycles. The van der Waals surface area contributed by atoms with Gasteiger partial charge in [-0.1, -0.05) is 11.8 Å². The van der Waals surface area contributed by atoms with E-state index in [0.717, 1.165) is 32.0 Å². The number of aromatic nitrogens is 2. The number of anilines is 1. The minimum absolute atomic E-state index is 0.0278. The third-order valence-corrected chi connectivity index (χ3v) is 4.62. The lowest BCUT2D eigenvalue weighted by Crippen LogP contribution is -2.55. The van der Waals surface area contributed by atoms with Gasteiger partial charge < -0.3 is 15.8 Å². The molecule has 0 saturated carbocycles. The van der Waals surface area contributed by atoms with Crippen LogP contribution in [-0.4, -0.2) is 64.9 Å². The van der Waals surface area contributed by atoms with Gasteiger partial charge in [-0.3, -0.25) is 9.69 Å². The number of nitrogens with two attached hydrogens (primary N) is 1. The number of morpholine rings is 1. The first-order chi connectivity index (χ1) is 10.9. The summed E-state index contributed by atoms with van der Waals surface area (Å²) in [5, 5.41) is 3.52. The number of carbonyl (C=O) groups excluding carboxylic acids is 1. The lowest BCUT2D eigenvalue weighted by molar-refractivity contribution is -0.119. The molecule has 0 aromatic carbocycles. The van der Waals surface area contributed by atoms with Crippen LogP contribution < -0.4 is 11.1 Å². The molecule has 7 nitrogen and oxygen atoms in total. The Morgan fingerprint density at radius 2 is 2.13 bits per heavy atom. The SMILES string of the molecule is Cc1cc(N)nc(SCC(=O)NCC(C)(C)N2CCOCC2)n1. The number of amides is 1. The van der Waals surface area contributed by atoms with Crippen LogP contribution in [0.2, 0.25) is 0 Å². The van der Waals surface area contributed by atoms with Crippen LogP contribution in [-0.2, 0) is 9.53 Å². The van der Waals surface area contributed by atoms with E-state index in [1.807, 2.05) is 6.92 Å². The Balaban J connectivity index is 1.78. The molecule has 2 rings (SSSR count). The zero-order valence-electron chi connectivity index (χ0n) is 14.0. The van der Waals surface area contributed by atoms with Crippen LogP contribution in [0.1, 0.15) is 19.5 Å². The topological polar surface area (TPSA) is 93.4 Å². The van der Waals surface area contributed by atoms with Crippen LogP contribution in [0.3, 0.4) is 0 Å². The number of nitrogen functional groups attached to an aromatic ring is 1. The molecule has 1 amide bonds. The Morgan fingerprint density at radius 1 is 1.43 bits per heavy atom. The predicted octanol–water partition coefficient (Wildman–Crippen LogP) is 0.686. The lowest BCUT2D eigenvalue weighted by atomic mass is 10.0. The highest BCUT2D eigenvalue weighted by Crippen LogP contribution is 2.17. The maximum Gasteiger partial charge on any atom is 0.230 e. The Labute approximate surface area is 141 Å². The summed E-state index contributed by atoms with van der Waals surface area (Å²) in [6, 6.07) is 1.70. The van der Waals surface area contributed by atoms with E-state index in [1.54, 1.807) is 6.07 Å². The van der Waals surface area contributed by atoms with E-state index in [0.29, 0.717) is 17.5 Å². The molecule has 0 bridgehead atoms. The fraction of sp³-hybridized carbons (Fsp3) is 0.667. The number of thioether (sulfide) groups is 1. The molecule has 1 aliphatic heterocycles. The molecule has 1 fully saturated rings. The van der Waals surface area contributed by atoms with Crippen LogP contribution in [0.15, 0.2) is 11.2 Å². The Kier molecular flexibility index (Phi) is 6.20. The minimum atomic E-state index is -0.0889. The van der Waals surface area contributed by atoms with E-state index in [-0.39, 0.29) is 17.2 Å². The summed E-state index contributed by atoms with van der Waals surface area (Å²) in [7, 11) is 0. The quantitative estimate of drug-likeness (QED) is 0.581. The van der Waals surface area contributed by atoms with Crippen molar-refractivity contribution in [3.63, 3.8) is 0 Å². The van der Waals surface area contributed by atoms with Crippen LogP contribution in [0.5, 0.6) is 0 Å². The zero-order valence-corrected chi connectivity index (χ0v) is 14.8. The molecule has 128 valence electrons. The number of rotatable bonds is 6. The molecular weight excluding hydrogens is 314 g/mol. The monoisotopic (exact) mass is 339 g/mol. The van der Waals surface area contributed by atoms with Gasteiger partial charge in [-0.25, -0.2) is 9.97 Å². The van der Waals surface area contributed by atoms with Crippen molar-refractivity contribution in [1.29, 1.82) is 0 Å². The molecule has 23 heavy (non-hydrogen) atoms. The summed E-state index contributed by atoms with van der Waals surface area (Å²) in [4.78, 5) is 22.8. The van der Waals surface area contributed by atoms with E-state index in [4.69, 9.17) is 10.5 Å². The van der Waals surface area contributed by atoms with Gasteiger partial charge in [-0.2, -0.15) is 0 Å². The van der Waals surface area contributed by atoms with Gasteiger partial charge in [-0.05, 0) is 20.8 Å². The van der Waals surface area contributed by atoms with Gasteiger partial charge >= 0.3 is 0 Å². The van der Waals surface area contributed by atoms with Crippen molar-refractivity contribution in [2.75, 3.05) is 44.3 Å². The second kappa shape index (κ2) is 7.94. The van der Waals surface area contributed by atoms with Crippen molar-refractivity contribution >= 4 is 23.5 Å². The molecule has 1 aliphatic rings. The molecule has 0 radical (unpaired) electrons. The Hall–Kier alpha value is -1.38. The van der Waals surface area contributed by atoms with Gasteiger partial charge in [0.15, 0.2) is 5.16 Å². The fourth-order valence-electron chi connectivity index (χ4n) is 2.41. The first kappa shape index (κ1) is 18.0. The number of hydrogen-bond donors (Lipinski definition) is 2. The average molecular weight is 339 g/mol. The van der Waals surface area contributed by atoms with E-state index in [2.05, 4.69) is 34.0 Å². The second-order valence-corrected chi connectivity index (χ2v) is 7.14. The van der Waals surface area contributed by atoms with E-state index in [1.165, 1.54) is 11.8 Å². The normalized spacial score (nSPS) is 16.3. The molecule has 1 saturated heterocycles. The van der Waals surface area contributed by atoms with Gasteiger partial charge in [0, 0.05) is 36.9 Å². The maximum atomic E-state index is 12.1. The summed E-state index contributed by atoms with van der Waals surface area (Å²) in [5.74, 6) is 0.677. The standard InChI is InChI=1S/C15H25N5O2S/c1-11-8-12(16)19-14(18-11)23-9-13(21)17-10-15(2,3)20-4-6-22-7-5-20/h8H,4-7,9-10H2,1-3H3,(H,17,21)(H2,16,18,19). The lowest BCUT2D eigenvalue weighted by Gasteiger charge is -2.40. The van der Waals surface area contributed by atoms with Crippen molar-refractivity contribution in [3.8, 4) is 0 Å². The van der Waals surface area contributed by atoms with Crippen LogP contribution in [0.4, 0.5) is 5.82 Å². The number of ether oxygens (including phenoxy) is 1. The van der Waals surface area contributed by atoms with Gasteiger partial charge in [-0.15, -0.1) is 0 Å². The molecule has 0 atom stereocenters. The van der Waals surface area contributed by atoms with E-state index >= 15 is 0 Å². The Bertz CT molecular complexity index is 526. The van der Waals surface area contributed by atoms with Crippen molar-refractivity contribution in [1.82, 2.24) is 20.2 Å². The maximum absolute atomic E-state index is 12.1. The van der Waals surface area contributed by atoms with Crippen molar-refractivity contribution in [2.24, 2.45) is 0 Å². The highest BCUT2D eigenvalue weighted by atomic mass is 32.2. The van der Waals surface area contributed by atoms with E-state index in [9.17, 15) is 4.79 Å².